The summed E-state index contributed by atoms with van der Waals surface area (Å²) in [5, 5.41) is 3.13. The summed E-state index contributed by atoms with van der Waals surface area (Å²) in [5.74, 6) is 0.305. The molecule has 7 nitrogen and oxygen atoms in total. The summed E-state index contributed by atoms with van der Waals surface area (Å²) in [7, 11) is 0. The highest BCUT2D eigenvalue weighted by Gasteiger charge is 2.37. The molecular formula is C17H18F3N5O2. The molecule has 1 aromatic carbocycles. The number of urea groups is 1. The van der Waals surface area contributed by atoms with Gasteiger partial charge in [-0.25, -0.2) is 14.8 Å². The van der Waals surface area contributed by atoms with Crippen LogP contribution in [0.5, 0.6) is 5.75 Å². The molecule has 0 fully saturated rings. The number of ether oxygens (including phenoxy) is 1. The van der Waals surface area contributed by atoms with Gasteiger partial charge in [-0.05, 0) is 24.1 Å². The fourth-order valence-corrected chi connectivity index (χ4v) is 3.32. The van der Waals surface area contributed by atoms with Crippen LogP contribution in [-0.2, 0) is 0 Å². The van der Waals surface area contributed by atoms with Crippen molar-refractivity contribution in [2.24, 2.45) is 5.73 Å². The van der Waals surface area contributed by atoms with E-state index in [-0.39, 0.29) is 17.7 Å². The molecule has 2 heterocycles. The van der Waals surface area contributed by atoms with E-state index in [0.29, 0.717) is 24.6 Å². The highest BCUT2D eigenvalue weighted by molar-refractivity contribution is 5.94. The van der Waals surface area contributed by atoms with Crippen molar-refractivity contribution in [1.82, 2.24) is 9.97 Å². The Balaban J connectivity index is 1.89. The third kappa shape index (κ3) is 4.04. The van der Waals surface area contributed by atoms with Gasteiger partial charge >= 0.3 is 12.4 Å². The van der Waals surface area contributed by atoms with Crippen molar-refractivity contribution in [3.05, 3.63) is 42.2 Å². The summed E-state index contributed by atoms with van der Waals surface area (Å²) in [6.45, 7) is 2.31. The summed E-state index contributed by atoms with van der Waals surface area (Å²) in [6.07, 6.45) is -1.15. The lowest BCUT2D eigenvalue weighted by molar-refractivity contribution is -0.274. The van der Waals surface area contributed by atoms with Crippen LogP contribution < -0.4 is 20.7 Å². The summed E-state index contributed by atoms with van der Waals surface area (Å²) in [4.78, 5) is 21.8. The topological polar surface area (TPSA) is 93.4 Å². The van der Waals surface area contributed by atoms with Crippen LogP contribution in [0.1, 0.15) is 24.8 Å². The van der Waals surface area contributed by atoms with Crippen molar-refractivity contribution in [3.63, 3.8) is 0 Å². The van der Waals surface area contributed by atoms with Gasteiger partial charge in [0, 0.05) is 24.9 Å². The number of fused-ring (bicyclic) bond motifs is 1. The van der Waals surface area contributed by atoms with Crippen LogP contribution in [0, 0.1) is 0 Å². The Morgan fingerprint density at radius 1 is 1.33 bits per heavy atom. The number of alkyl halides is 3. The second-order valence-electron chi connectivity index (χ2n) is 6.02. The SMILES string of the molecule is CCC(c1ccc(OC(F)(F)F)cc1)C1CNc2nccnc2N1C(N)=O. The first-order valence-electron chi connectivity index (χ1n) is 8.29. The van der Waals surface area contributed by atoms with E-state index < -0.39 is 12.4 Å². The van der Waals surface area contributed by atoms with Gasteiger partial charge in [0.15, 0.2) is 11.6 Å². The number of nitrogens with two attached hydrogens (primary N) is 1. The van der Waals surface area contributed by atoms with Crippen LogP contribution >= 0.6 is 0 Å². The van der Waals surface area contributed by atoms with Crippen molar-refractivity contribution in [2.45, 2.75) is 31.7 Å². The predicted octanol–water partition coefficient (Wildman–Crippen LogP) is 3.25. The number of amides is 2. The zero-order chi connectivity index (χ0) is 19.6. The van der Waals surface area contributed by atoms with Gasteiger partial charge in [0.25, 0.3) is 0 Å². The maximum absolute atomic E-state index is 12.3. The number of primary amides is 1. The smallest absolute Gasteiger partial charge is 0.406 e. The average Bonchev–Trinajstić information content (AvgIpc) is 2.62. The molecule has 10 heteroatoms. The number of nitrogens with zero attached hydrogens (tertiary/aromatic N) is 3. The number of hydrogen-bond acceptors (Lipinski definition) is 5. The number of hydrogen-bond donors (Lipinski definition) is 2. The highest BCUT2D eigenvalue weighted by Crippen LogP contribution is 2.36. The van der Waals surface area contributed by atoms with Crippen LogP contribution in [0.2, 0.25) is 0 Å². The molecule has 2 atom stereocenters. The van der Waals surface area contributed by atoms with Gasteiger partial charge in [-0.15, -0.1) is 13.2 Å². The second kappa shape index (κ2) is 7.29. The zero-order valence-corrected chi connectivity index (χ0v) is 14.4. The van der Waals surface area contributed by atoms with E-state index in [0.717, 1.165) is 5.56 Å². The Hall–Kier alpha value is -3.04. The van der Waals surface area contributed by atoms with Gasteiger partial charge < -0.3 is 15.8 Å². The molecule has 3 rings (SSSR count). The van der Waals surface area contributed by atoms with E-state index in [1.807, 2.05) is 6.92 Å². The van der Waals surface area contributed by atoms with Crippen LogP contribution in [-0.4, -0.2) is 34.9 Å². The first kappa shape index (κ1) is 18.7. The quantitative estimate of drug-likeness (QED) is 0.848. The largest absolute Gasteiger partial charge is 0.573 e. The minimum absolute atomic E-state index is 0.180. The van der Waals surface area contributed by atoms with Crippen molar-refractivity contribution in [2.75, 3.05) is 16.8 Å². The minimum atomic E-state index is -4.75. The molecule has 0 bridgehead atoms. The predicted molar refractivity (Wildman–Crippen MR) is 92.5 cm³/mol. The third-order valence-electron chi connectivity index (χ3n) is 4.40. The van der Waals surface area contributed by atoms with Crippen molar-refractivity contribution in [1.29, 1.82) is 0 Å². The molecule has 1 aromatic heterocycles. The zero-order valence-electron chi connectivity index (χ0n) is 14.4. The number of anilines is 2. The van der Waals surface area contributed by atoms with Gasteiger partial charge in [0.05, 0.1) is 6.04 Å². The van der Waals surface area contributed by atoms with Crippen molar-refractivity contribution >= 4 is 17.7 Å². The fourth-order valence-electron chi connectivity index (χ4n) is 3.32. The Bertz CT molecular complexity index is 813. The summed E-state index contributed by atoms with van der Waals surface area (Å²) < 4.78 is 40.9. The average molecular weight is 381 g/mol. The monoisotopic (exact) mass is 381 g/mol. The van der Waals surface area contributed by atoms with Crippen LogP contribution in [0.3, 0.4) is 0 Å². The van der Waals surface area contributed by atoms with Gasteiger partial charge in [-0.2, -0.15) is 0 Å². The molecule has 0 aliphatic carbocycles. The maximum atomic E-state index is 12.3. The first-order chi connectivity index (χ1) is 12.8. The molecule has 3 N–H and O–H groups in total. The Labute approximate surface area is 153 Å². The van der Waals surface area contributed by atoms with Crippen LogP contribution in [0.15, 0.2) is 36.7 Å². The molecule has 0 spiro atoms. The number of carbonyl (C=O) groups excluding carboxylic acids is 1. The van der Waals surface area contributed by atoms with Crippen molar-refractivity contribution < 1.29 is 22.7 Å². The standard InChI is InChI=1S/C17H18F3N5O2/c1-2-12(10-3-5-11(6-4-10)27-17(18,19)20)13-9-24-14-15(23-8-7-22-14)25(13)16(21)26/h3-8,12-13H,2,9H2,1H3,(H2,21,26)(H,22,24). The van der Waals surface area contributed by atoms with E-state index in [2.05, 4.69) is 20.0 Å². The van der Waals surface area contributed by atoms with Gasteiger partial charge in [0.1, 0.15) is 5.75 Å². The molecule has 144 valence electrons. The van der Waals surface area contributed by atoms with Crippen LogP contribution in [0.25, 0.3) is 0 Å². The number of halogens is 3. The number of benzene rings is 1. The van der Waals surface area contributed by atoms with Gasteiger partial charge in [0.2, 0.25) is 0 Å². The molecule has 1 aliphatic rings. The number of carbonyl (C=O) groups is 1. The summed E-state index contributed by atoms with van der Waals surface area (Å²) >= 11 is 0. The molecule has 2 amide bonds. The number of rotatable bonds is 4. The van der Waals surface area contributed by atoms with Gasteiger partial charge in [-0.3, -0.25) is 4.90 Å². The van der Waals surface area contributed by atoms with E-state index in [1.54, 1.807) is 12.1 Å². The third-order valence-corrected chi connectivity index (χ3v) is 4.40. The molecule has 0 saturated heterocycles. The molecule has 27 heavy (non-hydrogen) atoms. The molecule has 1 aliphatic heterocycles. The normalized spacial score (nSPS) is 17.6. The first-order valence-corrected chi connectivity index (χ1v) is 8.29. The summed E-state index contributed by atoms with van der Waals surface area (Å²) in [5.41, 5.74) is 6.34. The maximum Gasteiger partial charge on any atom is 0.573 e. The molecule has 0 radical (unpaired) electrons. The highest BCUT2D eigenvalue weighted by atomic mass is 19.4. The Morgan fingerprint density at radius 2 is 2.00 bits per heavy atom. The Morgan fingerprint density at radius 3 is 2.59 bits per heavy atom. The van der Waals surface area contributed by atoms with Crippen molar-refractivity contribution in [3.8, 4) is 5.75 Å². The van der Waals surface area contributed by atoms with E-state index in [9.17, 15) is 18.0 Å². The van der Waals surface area contributed by atoms with Crippen LogP contribution in [0.4, 0.5) is 29.6 Å². The summed E-state index contributed by atoms with van der Waals surface area (Å²) in [6, 6.07) is 4.58. The lowest BCUT2D eigenvalue weighted by atomic mass is 9.87. The van der Waals surface area contributed by atoms with E-state index in [4.69, 9.17) is 5.73 Å². The second-order valence-corrected chi connectivity index (χ2v) is 6.02. The van der Waals surface area contributed by atoms with E-state index in [1.165, 1.54) is 29.4 Å². The van der Waals surface area contributed by atoms with E-state index >= 15 is 0 Å². The molecule has 2 aromatic rings. The Kier molecular flexibility index (Phi) is 5.06. The molecular weight excluding hydrogens is 363 g/mol. The minimum Gasteiger partial charge on any atom is -0.406 e. The number of aromatic nitrogens is 2. The lowest BCUT2D eigenvalue weighted by Gasteiger charge is -2.39. The lowest BCUT2D eigenvalue weighted by Crippen LogP contribution is -2.53. The van der Waals surface area contributed by atoms with Gasteiger partial charge in [-0.1, -0.05) is 19.1 Å². The fraction of sp³-hybridized carbons (Fsp3) is 0.353. The molecule has 2 unspecified atom stereocenters. The molecule has 0 saturated carbocycles. The number of nitrogens with one attached hydrogen (secondary N) is 1.